The Morgan fingerprint density at radius 1 is 1.17 bits per heavy atom. The first-order valence-electron chi connectivity index (χ1n) is 5.43. The SMILES string of the molecule is Cc1ccc(Br)cc1Nc1ccc(N)cc1C#N. The van der Waals surface area contributed by atoms with E-state index >= 15 is 0 Å². The number of nitriles is 1. The molecule has 0 atom stereocenters. The molecule has 0 saturated carbocycles. The Kier molecular flexibility index (Phi) is 3.54. The highest BCUT2D eigenvalue weighted by Gasteiger charge is 2.05. The third-order valence-corrected chi connectivity index (χ3v) is 3.13. The van der Waals surface area contributed by atoms with Gasteiger partial charge in [-0.05, 0) is 42.8 Å². The zero-order chi connectivity index (χ0) is 13.1. The number of hydrogen-bond donors (Lipinski definition) is 2. The molecule has 0 bridgehead atoms. The Bertz CT molecular complexity index is 629. The maximum absolute atomic E-state index is 9.09. The molecule has 0 fully saturated rings. The molecule has 4 heteroatoms. The number of nitrogens with one attached hydrogen (secondary N) is 1. The van der Waals surface area contributed by atoms with Crippen molar-refractivity contribution in [3.05, 3.63) is 52.0 Å². The average Bonchev–Trinajstić information content (AvgIpc) is 2.36. The number of hydrogen-bond acceptors (Lipinski definition) is 3. The molecule has 0 radical (unpaired) electrons. The van der Waals surface area contributed by atoms with E-state index in [1.54, 1.807) is 12.1 Å². The summed E-state index contributed by atoms with van der Waals surface area (Å²) in [6.45, 7) is 2.01. The summed E-state index contributed by atoms with van der Waals surface area (Å²) in [5.41, 5.74) is 9.62. The fraction of sp³-hybridized carbons (Fsp3) is 0.0714. The summed E-state index contributed by atoms with van der Waals surface area (Å²) < 4.78 is 0.990. The van der Waals surface area contributed by atoms with E-state index in [9.17, 15) is 0 Å². The summed E-state index contributed by atoms with van der Waals surface area (Å²) >= 11 is 3.43. The molecule has 0 aliphatic rings. The normalized spacial score (nSPS) is 9.83. The lowest BCUT2D eigenvalue weighted by Gasteiger charge is -2.11. The van der Waals surface area contributed by atoms with Crippen molar-refractivity contribution in [1.29, 1.82) is 5.26 Å². The minimum absolute atomic E-state index is 0.536. The second kappa shape index (κ2) is 5.11. The Hall–Kier alpha value is -1.99. The Morgan fingerprint density at radius 3 is 2.67 bits per heavy atom. The first-order chi connectivity index (χ1) is 8.60. The summed E-state index contributed by atoms with van der Waals surface area (Å²) in [6.07, 6.45) is 0. The summed E-state index contributed by atoms with van der Waals surface area (Å²) in [7, 11) is 0. The van der Waals surface area contributed by atoms with E-state index < -0.39 is 0 Å². The van der Waals surface area contributed by atoms with Crippen LogP contribution in [0.3, 0.4) is 0 Å². The van der Waals surface area contributed by atoms with E-state index in [1.165, 1.54) is 0 Å². The number of aryl methyl sites for hydroxylation is 1. The van der Waals surface area contributed by atoms with E-state index in [4.69, 9.17) is 11.0 Å². The van der Waals surface area contributed by atoms with Gasteiger partial charge in [-0.1, -0.05) is 22.0 Å². The molecular formula is C14H12BrN3. The van der Waals surface area contributed by atoms with Crippen LogP contribution in [0.25, 0.3) is 0 Å². The standard InChI is InChI=1S/C14H12BrN3/c1-9-2-3-11(15)7-14(9)18-13-5-4-12(17)6-10(13)8-16/h2-7,18H,17H2,1H3. The van der Waals surface area contributed by atoms with Gasteiger partial charge in [-0.3, -0.25) is 0 Å². The molecule has 2 aromatic rings. The molecule has 0 aromatic heterocycles. The Balaban J connectivity index is 2.40. The average molecular weight is 302 g/mol. The van der Waals surface area contributed by atoms with E-state index in [-0.39, 0.29) is 0 Å². The highest BCUT2D eigenvalue weighted by Crippen LogP contribution is 2.27. The highest BCUT2D eigenvalue weighted by molar-refractivity contribution is 9.10. The molecule has 90 valence electrons. The van der Waals surface area contributed by atoms with Crippen molar-refractivity contribution in [2.75, 3.05) is 11.1 Å². The van der Waals surface area contributed by atoms with Gasteiger partial charge in [-0.15, -0.1) is 0 Å². The van der Waals surface area contributed by atoms with Gasteiger partial charge in [-0.25, -0.2) is 0 Å². The van der Waals surface area contributed by atoms with Gasteiger partial charge in [0.25, 0.3) is 0 Å². The zero-order valence-corrected chi connectivity index (χ0v) is 11.5. The highest BCUT2D eigenvalue weighted by atomic mass is 79.9. The minimum atomic E-state index is 0.536. The molecule has 0 aliphatic carbocycles. The van der Waals surface area contributed by atoms with Crippen LogP contribution in [0.2, 0.25) is 0 Å². The van der Waals surface area contributed by atoms with Crippen molar-refractivity contribution in [3.8, 4) is 6.07 Å². The number of rotatable bonds is 2. The van der Waals surface area contributed by atoms with Crippen molar-refractivity contribution in [2.24, 2.45) is 0 Å². The monoisotopic (exact) mass is 301 g/mol. The van der Waals surface area contributed by atoms with Crippen LogP contribution < -0.4 is 11.1 Å². The van der Waals surface area contributed by atoms with Gasteiger partial charge in [0.05, 0.1) is 11.3 Å². The van der Waals surface area contributed by atoms with Crippen LogP contribution in [0.1, 0.15) is 11.1 Å². The van der Waals surface area contributed by atoms with Crippen molar-refractivity contribution in [2.45, 2.75) is 6.92 Å². The number of nitrogens with zero attached hydrogens (tertiary/aromatic N) is 1. The molecular weight excluding hydrogens is 290 g/mol. The molecule has 0 spiro atoms. The third-order valence-electron chi connectivity index (χ3n) is 2.63. The van der Waals surface area contributed by atoms with Gasteiger partial charge in [0, 0.05) is 15.8 Å². The predicted octanol–water partition coefficient (Wildman–Crippen LogP) is 3.96. The topological polar surface area (TPSA) is 61.8 Å². The van der Waals surface area contributed by atoms with Crippen LogP contribution in [-0.2, 0) is 0 Å². The number of benzene rings is 2. The first kappa shape index (κ1) is 12.5. The van der Waals surface area contributed by atoms with Crippen LogP contribution in [-0.4, -0.2) is 0 Å². The summed E-state index contributed by atoms with van der Waals surface area (Å²) in [5, 5.41) is 12.3. The molecule has 0 unspecified atom stereocenters. The Morgan fingerprint density at radius 2 is 1.94 bits per heavy atom. The largest absolute Gasteiger partial charge is 0.399 e. The maximum atomic E-state index is 9.09. The fourth-order valence-corrected chi connectivity index (χ4v) is 2.00. The van der Waals surface area contributed by atoms with E-state index in [1.807, 2.05) is 31.2 Å². The van der Waals surface area contributed by atoms with Gasteiger partial charge >= 0.3 is 0 Å². The van der Waals surface area contributed by atoms with E-state index in [0.717, 1.165) is 21.4 Å². The third kappa shape index (κ3) is 2.63. The molecule has 2 aromatic carbocycles. The second-order valence-corrected chi connectivity index (χ2v) is 4.92. The summed E-state index contributed by atoms with van der Waals surface area (Å²) in [5.74, 6) is 0. The fourth-order valence-electron chi connectivity index (χ4n) is 1.64. The van der Waals surface area contributed by atoms with Crippen LogP contribution in [0.5, 0.6) is 0 Å². The Labute approximate surface area is 114 Å². The summed E-state index contributed by atoms with van der Waals surface area (Å²) in [6, 6.07) is 13.4. The lowest BCUT2D eigenvalue weighted by atomic mass is 10.1. The van der Waals surface area contributed by atoms with Gasteiger partial charge in [0.15, 0.2) is 0 Å². The molecule has 3 nitrogen and oxygen atoms in total. The molecule has 0 amide bonds. The lowest BCUT2D eigenvalue weighted by molar-refractivity contribution is 1.40. The number of nitrogen functional groups attached to an aromatic ring is 1. The molecule has 0 heterocycles. The number of anilines is 3. The number of halogens is 1. The van der Waals surface area contributed by atoms with Crippen LogP contribution >= 0.6 is 15.9 Å². The predicted molar refractivity (Wildman–Crippen MR) is 77.7 cm³/mol. The van der Waals surface area contributed by atoms with Crippen molar-refractivity contribution in [1.82, 2.24) is 0 Å². The van der Waals surface area contributed by atoms with Crippen LogP contribution in [0.15, 0.2) is 40.9 Å². The second-order valence-electron chi connectivity index (χ2n) is 4.00. The van der Waals surface area contributed by atoms with Crippen LogP contribution in [0, 0.1) is 18.3 Å². The van der Waals surface area contributed by atoms with Crippen LogP contribution in [0.4, 0.5) is 17.1 Å². The lowest BCUT2D eigenvalue weighted by Crippen LogP contribution is -1.97. The number of nitrogens with two attached hydrogens (primary N) is 1. The van der Waals surface area contributed by atoms with Crippen molar-refractivity contribution < 1.29 is 0 Å². The molecule has 0 saturated heterocycles. The molecule has 2 rings (SSSR count). The zero-order valence-electron chi connectivity index (χ0n) is 9.87. The van der Waals surface area contributed by atoms with E-state index in [0.29, 0.717) is 11.3 Å². The van der Waals surface area contributed by atoms with Gasteiger partial charge in [0.1, 0.15) is 6.07 Å². The van der Waals surface area contributed by atoms with Crippen molar-refractivity contribution >= 4 is 33.0 Å². The van der Waals surface area contributed by atoms with Gasteiger partial charge in [-0.2, -0.15) is 5.26 Å². The van der Waals surface area contributed by atoms with Gasteiger partial charge < -0.3 is 11.1 Å². The van der Waals surface area contributed by atoms with Crippen molar-refractivity contribution in [3.63, 3.8) is 0 Å². The van der Waals surface area contributed by atoms with Gasteiger partial charge in [0.2, 0.25) is 0 Å². The first-order valence-corrected chi connectivity index (χ1v) is 6.22. The quantitative estimate of drug-likeness (QED) is 0.826. The summed E-state index contributed by atoms with van der Waals surface area (Å²) in [4.78, 5) is 0. The maximum Gasteiger partial charge on any atom is 0.101 e. The molecule has 3 N–H and O–H groups in total. The van der Waals surface area contributed by atoms with E-state index in [2.05, 4.69) is 27.3 Å². The smallest absolute Gasteiger partial charge is 0.101 e. The molecule has 0 aliphatic heterocycles. The minimum Gasteiger partial charge on any atom is -0.399 e. The molecule has 18 heavy (non-hydrogen) atoms.